The maximum Gasteiger partial charge on any atom is 0.446 e. The molecule has 0 saturated heterocycles. The van der Waals surface area contributed by atoms with E-state index >= 15 is 0 Å². The molecule has 1 heterocycles. The molecule has 0 bridgehead atoms. The Hall–Kier alpha value is -3.27. The number of halogens is 3. The molecule has 1 fully saturated rings. The molecule has 0 spiro atoms. The third-order valence-electron chi connectivity index (χ3n) is 5.60. The average Bonchev–Trinajstić information content (AvgIpc) is 3.61. The van der Waals surface area contributed by atoms with E-state index in [0.717, 1.165) is 24.5 Å². The van der Waals surface area contributed by atoms with Crippen molar-refractivity contribution in [3.05, 3.63) is 87.6 Å². The molecular formula is C24H22F3N3O3S. The highest BCUT2D eigenvalue weighted by atomic mass is 32.2. The third kappa shape index (κ3) is 5.61. The molecule has 2 aromatic carbocycles. The van der Waals surface area contributed by atoms with Crippen LogP contribution in [0.25, 0.3) is 0 Å². The highest BCUT2D eigenvalue weighted by Crippen LogP contribution is 2.44. The summed E-state index contributed by atoms with van der Waals surface area (Å²) in [7, 11) is 1.56. The van der Waals surface area contributed by atoms with Gasteiger partial charge in [0.15, 0.2) is 0 Å². The summed E-state index contributed by atoms with van der Waals surface area (Å²) in [6.45, 7) is 0. The zero-order valence-corrected chi connectivity index (χ0v) is 19.0. The van der Waals surface area contributed by atoms with Gasteiger partial charge in [-0.05, 0) is 65.9 Å². The van der Waals surface area contributed by atoms with Gasteiger partial charge in [-0.3, -0.25) is 14.2 Å². The zero-order valence-electron chi connectivity index (χ0n) is 18.2. The first-order valence-corrected chi connectivity index (χ1v) is 11.4. The first-order chi connectivity index (χ1) is 16.1. The molecule has 0 radical (unpaired) electrons. The zero-order chi connectivity index (χ0) is 24.5. The number of primary amides is 1. The Morgan fingerprint density at radius 3 is 2.35 bits per heavy atom. The summed E-state index contributed by atoms with van der Waals surface area (Å²) < 4.78 is 44.9. The fraction of sp³-hybridized carbons (Fsp3) is 0.292. The number of nitrogens with two attached hydrogens (primary N) is 1. The lowest BCUT2D eigenvalue weighted by Gasteiger charge is -2.24. The Labute approximate surface area is 198 Å². The quantitative estimate of drug-likeness (QED) is 0.469. The number of carbonyl (C=O) groups excluding carboxylic acids is 1. The molecule has 1 saturated carbocycles. The van der Waals surface area contributed by atoms with Crippen LogP contribution in [0.5, 0.6) is 5.75 Å². The standard InChI is InChI=1S/C24H22F3N3O3S/c1-33-17-8-2-14(3-9-17)12-20-29-19(23(28)32)13-21(31)30(20)22(15-4-5-15)16-6-10-18(11-7-16)34-24(25,26)27/h2-3,6-11,13,15,22H,4-5,12H2,1H3,(H2,28,32)/t22-/m1/s1. The first kappa shape index (κ1) is 23.9. The van der Waals surface area contributed by atoms with Crippen LogP contribution in [0.2, 0.25) is 0 Å². The highest BCUT2D eigenvalue weighted by molar-refractivity contribution is 8.00. The number of benzene rings is 2. The Morgan fingerprint density at radius 2 is 1.82 bits per heavy atom. The van der Waals surface area contributed by atoms with Gasteiger partial charge in [-0.1, -0.05) is 24.3 Å². The van der Waals surface area contributed by atoms with E-state index in [4.69, 9.17) is 10.5 Å². The van der Waals surface area contributed by atoms with Crippen molar-refractivity contribution >= 4 is 17.7 Å². The molecule has 0 unspecified atom stereocenters. The first-order valence-electron chi connectivity index (χ1n) is 10.6. The largest absolute Gasteiger partial charge is 0.497 e. The third-order valence-corrected chi connectivity index (χ3v) is 6.34. The van der Waals surface area contributed by atoms with Crippen LogP contribution in [0.3, 0.4) is 0 Å². The maximum atomic E-state index is 13.2. The molecule has 1 aromatic heterocycles. The van der Waals surface area contributed by atoms with Gasteiger partial charge >= 0.3 is 5.51 Å². The van der Waals surface area contributed by atoms with E-state index in [1.54, 1.807) is 35.9 Å². The smallest absolute Gasteiger partial charge is 0.446 e. The van der Waals surface area contributed by atoms with E-state index in [2.05, 4.69) is 4.98 Å². The van der Waals surface area contributed by atoms with Gasteiger partial charge in [0.2, 0.25) is 0 Å². The van der Waals surface area contributed by atoms with E-state index in [-0.39, 0.29) is 34.7 Å². The summed E-state index contributed by atoms with van der Waals surface area (Å²) in [4.78, 5) is 29.5. The molecule has 10 heteroatoms. The number of rotatable bonds is 8. The summed E-state index contributed by atoms with van der Waals surface area (Å²) in [6, 6.07) is 14.0. The molecule has 1 atom stereocenters. The minimum absolute atomic E-state index is 0.0683. The van der Waals surface area contributed by atoms with Crippen LogP contribution in [0.1, 0.15) is 46.3 Å². The van der Waals surface area contributed by atoms with Crippen LogP contribution >= 0.6 is 11.8 Å². The summed E-state index contributed by atoms with van der Waals surface area (Å²) in [5.41, 5.74) is 2.01. The minimum atomic E-state index is -4.38. The van der Waals surface area contributed by atoms with E-state index in [0.29, 0.717) is 17.1 Å². The number of nitrogens with zero attached hydrogens (tertiary/aromatic N) is 2. The summed E-state index contributed by atoms with van der Waals surface area (Å²) in [5.74, 6) is 0.358. The molecule has 4 rings (SSSR count). The predicted octanol–water partition coefficient (Wildman–Crippen LogP) is 4.55. The van der Waals surface area contributed by atoms with Crippen LogP contribution in [0.15, 0.2) is 64.3 Å². The number of carbonyl (C=O) groups is 1. The number of methoxy groups -OCH3 is 1. The molecule has 178 valence electrons. The normalized spacial score (nSPS) is 14.6. The van der Waals surface area contributed by atoms with Crippen LogP contribution in [0, 0.1) is 5.92 Å². The average molecular weight is 490 g/mol. The van der Waals surface area contributed by atoms with Gasteiger partial charge in [-0.25, -0.2) is 4.98 Å². The second-order valence-electron chi connectivity index (χ2n) is 8.05. The van der Waals surface area contributed by atoms with Gasteiger partial charge in [-0.15, -0.1) is 0 Å². The lowest BCUT2D eigenvalue weighted by Crippen LogP contribution is -2.33. The second kappa shape index (κ2) is 9.54. The minimum Gasteiger partial charge on any atom is -0.497 e. The van der Waals surface area contributed by atoms with Gasteiger partial charge in [0.05, 0.1) is 13.2 Å². The van der Waals surface area contributed by atoms with Crippen molar-refractivity contribution in [2.24, 2.45) is 11.7 Å². The van der Waals surface area contributed by atoms with Crippen molar-refractivity contribution in [3.8, 4) is 5.75 Å². The van der Waals surface area contributed by atoms with Crippen LogP contribution in [-0.4, -0.2) is 28.1 Å². The Balaban J connectivity index is 1.77. The Bertz CT molecular complexity index is 1240. The topological polar surface area (TPSA) is 87.2 Å². The summed E-state index contributed by atoms with van der Waals surface area (Å²) in [6.07, 6.45) is 2.00. The van der Waals surface area contributed by atoms with Gasteiger partial charge in [-0.2, -0.15) is 13.2 Å². The molecule has 1 amide bonds. The van der Waals surface area contributed by atoms with E-state index in [9.17, 15) is 22.8 Å². The van der Waals surface area contributed by atoms with Crippen molar-refractivity contribution in [3.63, 3.8) is 0 Å². The lowest BCUT2D eigenvalue weighted by atomic mass is 10.0. The number of hydrogen-bond acceptors (Lipinski definition) is 5. The number of hydrogen-bond donors (Lipinski definition) is 1. The van der Waals surface area contributed by atoms with Gasteiger partial charge in [0, 0.05) is 17.4 Å². The molecule has 2 N–H and O–H groups in total. The molecule has 0 aliphatic heterocycles. The monoisotopic (exact) mass is 489 g/mol. The number of amides is 1. The second-order valence-corrected chi connectivity index (χ2v) is 9.19. The van der Waals surface area contributed by atoms with Crippen molar-refractivity contribution in [2.45, 2.75) is 35.7 Å². The Morgan fingerprint density at radius 1 is 1.18 bits per heavy atom. The van der Waals surface area contributed by atoms with Crippen LogP contribution in [0.4, 0.5) is 13.2 Å². The molecule has 34 heavy (non-hydrogen) atoms. The van der Waals surface area contributed by atoms with E-state index in [1.165, 1.54) is 12.1 Å². The van der Waals surface area contributed by atoms with Crippen molar-refractivity contribution in [2.75, 3.05) is 7.11 Å². The molecule has 3 aromatic rings. The van der Waals surface area contributed by atoms with Crippen LogP contribution in [-0.2, 0) is 6.42 Å². The fourth-order valence-electron chi connectivity index (χ4n) is 3.92. The number of thioether (sulfide) groups is 1. The number of alkyl halides is 3. The Kier molecular flexibility index (Phi) is 6.70. The van der Waals surface area contributed by atoms with Crippen molar-refractivity contribution in [1.82, 2.24) is 9.55 Å². The van der Waals surface area contributed by atoms with Gasteiger partial charge in [0.1, 0.15) is 17.3 Å². The predicted molar refractivity (Wildman–Crippen MR) is 122 cm³/mol. The molecule has 6 nitrogen and oxygen atoms in total. The molecule has 1 aliphatic rings. The SMILES string of the molecule is COc1ccc(Cc2nc(C(N)=O)cc(=O)n2[C@@H](c2ccc(SC(F)(F)F)cc2)C2CC2)cc1. The lowest BCUT2D eigenvalue weighted by molar-refractivity contribution is -0.0328. The number of aromatic nitrogens is 2. The van der Waals surface area contributed by atoms with E-state index < -0.39 is 23.0 Å². The van der Waals surface area contributed by atoms with Crippen molar-refractivity contribution < 1.29 is 22.7 Å². The van der Waals surface area contributed by atoms with Gasteiger partial charge < -0.3 is 10.5 Å². The van der Waals surface area contributed by atoms with Crippen LogP contribution < -0.4 is 16.0 Å². The van der Waals surface area contributed by atoms with E-state index in [1.807, 2.05) is 12.1 Å². The van der Waals surface area contributed by atoms with Gasteiger partial charge in [0.25, 0.3) is 11.5 Å². The van der Waals surface area contributed by atoms with Crippen molar-refractivity contribution in [1.29, 1.82) is 0 Å². The summed E-state index contributed by atoms with van der Waals surface area (Å²) in [5, 5.41) is 0. The fourth-order valence-corrected chi connectivity index (χ4v) is 4.46. The molecular weight excluding hydrogens is 467 g/mol. The maximum absolute atomic E-state index is 13.2. The highest BCUT2D eigenvalue weighted by Gasteiger charge is 2.36. The summed E-state index contributed by atoms with van der Waals surface area (Å²) >= 11 is -0.185. The number of ether oxygens (including phenoxy) is 1. The molecule has 1 aliphatic carbocycles.